The van der Waals surface area contributed by atoms with Crippen LogP contribution in [-0.2, 0) is 0 Å². The van der Waals surface area contributed by atoms with Crippen LogP contribution in [0, 0.1) is 0 Å². The van der Waals surface area contributed by atoms with Crippen molar-refractivity contribution in [1.29, 1.82) is 0 Å². The second-order valence-corrected chi connectivity index (χ2v) is 7.25. The number of hydrogen-bond acceptors (Lipinski definition) is 8. The van der Waals surface area contributed by atoms with Crippen LogP contribution in [0.5, 0.6) is 0 Å². The van der Waals surface area contributed by atoms with Crippen LogP contribution >= 0.6 is 34.9 Å². The fraction of sp³-hybridized carbons (Fsp3) is 0.455. The van der Waals surface area contributed by atoms with Crippen LogP contribution in [0.15, 0.2) is 20.0 Å². The van der Waals surface area contributed by atoms with E-state index < -0.39 is 0 Å². The van der Waals surface area contributed by atoms with Gasteiger partial charge in [0.05, 0.1) is 0 Å². The SMILES string of the molecule is CNc1ncnc(Sc2nnc(SC)s2)c1C(C)C. The average Bonchev–Trinajstić information content (AvgIpc) is 2.85. The van der Waals surface area contributed by atoms with Crippen LogP contribution in [0.3, 0.4) is 0 Å². The number of hydrogen-bond donors (Lipinski definition) is 1. The molecule has 0 fully saturated rings. The van der Waals surface area contributed by atoms with Crippen LogP contribution in [-0.4, -0.2) is 33.5 Å². The maximum atomic E-state index is 4.38. The van der Waals surface area contributed by atoms with E-state index in [1.807, 2.05) is 13.3 Å². The lowest BCUT2D eigenvalue weighted by atomic mass is 10.1. The van der Waals surface area contributed by atoms with E-state index in [0.29, 0.717) is 5.92 Å². The number of thioether (sulfide) groups is 1. The summed E-state index contributed by atoms with van der Waals surface area (Å²) in [6, 6.07) is 0. The van der Waals surface area contributed by atoms with E-state index in [-0.39, 0.29) is 0 Å². The molecule has 8 heteroatoms. The van der Waals surface area contributed by atoms with Gasteiger partial charge in [0.1, 0.15) is 17.2 Å². The largest absolute Gasteiger partial charge is 0.373 e. The van der Waals surface area contributed by atoms with Gasteiger partial charge in [0, 0.05) is 12.6 Å². The first-order valence-corrected chi connectivity index (χ1v) is 8.59. The second kappa shape index (κ2) is 6.53. The van der Waals surface area contributed by atoms with Gasteiger partial charge in [-0.2, -0.15) is 0 Å². The van der Waals surface area contributed by atoms with E-state index in [4.69, 9.17) is 0 Å². The fourth-order valence-corrected chi connectivity index (χ4v) is 4.18. The molecule has 0 aliphatic carbocycles. The van der Waals surface area contributed by atoms with Crippen LogP contribution < -0.4 is 5.32 Å². The van der Waals surface area contributed by atoms with Crippen molar-refractivity contribution in [2.24, 2.45) is 0 Å². The first kappa shape index (κ1) is 14.5. The zero-order valence-corrected chi connectivity index (χ0v) is 13.6. The highest BCUT2D eigenvalue weighted by molar-refractivity contribution is 8.03. The van der Waals surface area contributed by atoms with E-state index in [2.05, 4.69) is 39.3 Å². The lowest BCUT2D eigenvalue weighted by Gasteiger charge is -2.13. The van der Waals surface area contributed by atoms with Crippen molar-refractivity contribution >= 4 is 40.7 Å². The van der Waals surface area contributed by atoms with Crippen molar-refractivity contribution in [2.75, 3.05) is 18.6 Å². The van der Waals surface area contributed by atoms with Gasteiger partial charge >= 0.3 is 0 Å². The van der Waals surface area contributed by atoms with Crippen LogP contribution in [0.4, 0.5) is 5.82 Å². The van der Waals surface area contributed by atoms with Crippen molar-refractivity contribution in [3.8, 4) is 0 Å². The molecule has 2 aromatic heterocycles. The Morgan fingerprint density at radius 2 is 1.95 bits per heavy atom. The van der Waals surface area contributed by atoms with Crippen LogP contribution in [0.1, 0.15) is 25.3 Å². The summed E-state index contributed by atoms with van der Waals surface area (Å²) in [6.07, 6.45) is 3.58. The molecule has 0 saturated heterocycles. The lowest BCUT2D eigenvalue weighted by Crippen LogP contribution is -2.03. The molecule has 19 heavy (non-hydrogen) atoms. The molecule has 2 heterocycles. The third kappa shape index (κ3) is 3.37. The first-order valence-electron chi connectivity index (χ1n) is 5.73. The maximum Gasteiger partial charge on any atom is 0.181 e. The number of nitrogens with zero attached hydrogens (tertiary/aromatic N) is 4. The van der Waals surface area contributed by atoms with Crippen molar-refractivity contribution in [3.05, 3.63) is 11.9 Å². The minimum absolute atomic E-state index is 0.346. The molecule has 5 nitrogen and oxygen atoms in total. The number of anilines is 1. The molecule has 1 N–H and O–H groups in total. The van der Waals surface area contributed by atoms with Gasteiger partial charge in [0.15, 0.2) is 8.68 Å². The Morgan fingerprint density at radius 3 is 2.53 bits per heavy atom. The highest BCUT2D eigenvalue weighted by atomic mass is 32.2. The molecule has 0 atom stereocenters. The molecule has 0 unspecified atom stereocenters. The van der Waals surface area contributed by atoms with Crippen LogP contribution in [0.25, 0.3) is 0 Å². The van der Waals surface area contributed by atoms with Crippen molar-refractivity contribution < 1.29 is 0 Å². The lowest BCUT2D eigenvalue weighted by molar-refractivity contribution is 0.805. The summed E-state index contributed by atoms with van der Waals surface area (Å²) in [5, 5.41) is 12.3. The van der Waals surface area contributed by atoms with Gasteiger partial charge in [-0.3, -0.25) is 0 Å². The topological polar surface area (TPSA) is 63.6 Å². The predicted molar refractivity (Wildman–Crippen MR) is 81.5 cm³/mol. The van der Waals surface area contributed by atoms with E-state index in [1.54, 1.807) is 41.2 Å². The summed E-state index contributed by atoms with van der Waals surface area (Å²) in [4.78, 5) is 8.65. The summed E-state index contributed by atoms with van der Waals surface area (Å²) in [5.74, 6) is 1.22. The predicted octanol–water partition coefficient (Wildman–Crippen LogP) is 3.37. The Labute approximate surface area is 125 Å². The molecule has 0 aromatic carbocycles. The van der Waals surface area contributed by atoms with Gasteiger partial charge in [-0.25, -0.2) is 9.97 Å². The normalized spacial score (nSPS) is 11.0. The van der Waals surface area contributed by atoms with E-state index in [1.165, 1.54) is 0 Å². The molecule has 0 aliphatic heterocycles. The zero-order chi connectivity index (χ0) is 13.8. The Kier molecular flexibility index (Phi) is 5.00. The van der Waals surface area contributed by atoms with Gasteiger partial charge in [0.2, 0.25) is 0 Å². The summed E-state index contributed by atoms with van der Waals surface area (Å²) in [7, 11) is 1.87. The summed E-state index contributed by atoms with van der Waals surface area (Å²) < 4.78 is 1.88. The molecule has 2 aromatic rings. The molecule has 0 saturated carbocycles. The number of nitrogens with one attached hydrogen (secondary N) is 1. The third-order valence-corrected chi connectivity index (χ3v) is 5.38. The third-order valence-electron chi connectivity index (χ3n) is 2.41. The first-order chi connectivity index (χ1) is 9.15. The smallest absolute Gasteiger partial charge is 0.181 e. The Bertz CT molecular complexity index is 555. The zero-order valence-electron chi connectivity index (χ0n) is 11.2. The molecule has 0 amide bonds. The van der Waals surface area contributed by atoms with Gasteiger partial charge < -0.3 is 5.32 Å². The minimum atomic E-state index is 0.346. The number of aromatic nitrogens is 4. The molecular formula is C11H15N5S3. The fourth-order valence-electron chi connectivity index (χ4n) is 1.58. The van der Waals surface area contributed by atoms with Crippen LogP contribution in [0.2, 0.25) is 0 Å². The van der Waals surface area contributed by atoms with Gasteiger partial charge in [0.25, 0.3) is 0 Å². The highest BCUT2D eigenvalue weighted by Gasteiger charge is 2.16. The molecule has 102 valence electrons. The van der Waals surface area contributed by atoms with Crippen molar-refractivity contribution in [3.63, 3.8) is 0 Å². The Morgan fingerprint density at radius 1 is 1.21 bits per heavy atom. The molecular weight excluding hydrogens is 298 g/mol. The average molecular weight is 313 g/mol. The summed E-state index contributed by atoms with van der Waals surface area (Å²) in [5.41, 5.74) is 1.12. The van der Waals surface area contributed by atoms with Gasteiger partial charge in [-0.15, -0.1) is 10.2 Å². The molecule has 0 spiro atoms. The standard InChI is InChI=1S/C11H15N5S3/c1-6(2)7-8(12-3)13-5-14-9(7)18-11-16-15-10(17-4)19-11/h5-6H,1-4H3,(H,12,13,14). The molecule has 0 radical (unpaired) electrons. The number of rotatable bonds is 5. The maximum absolute atomic E-state index is 4.38. The summed E-state index contributed by atoms with van der Waals surface area (Å²) in [6.45, 7) is 4.27. The highest BCUT2D eigenvalue weighted by Crippen LogP contribution is 2.37. The molecule has 0 aliphatic rings. The van der Waals surface area contributed by atoms with Crippen molar-refractivity contribution in [2.45, 2.75) is 33.5 Å². The van der Waals surface area contributed by atoms with Crippen molar-refractivity contribution in [1.82, 2.24) is 20.2 Å². The summed E-state index contributed by atoms with van der Waals surface area (Å²) >= 11 is 4.74. The Hall–Kier alpha value is -0.860. The molecule has 2 rings (SSSR count). The molecule has 0 bridgehead atoms. The monoisotopic (exact) mass is 313 g/mol. The van der Waals surface area contributed by atoms with E-state index in [0.717, 1.165) is 25.1 Å². The van der Waals surface area contributed by atoms with Gasteiger partial charge in [-0.05, 0) is 23.9 Å². The van der Waals surface area contributed by atoms with E-state index >= 15 is 0 Å². The van der Waals surface area contributed by atoms with Gasteiger partial charge in [-0.1, -0.05) is 36.9 Å². The second-order valence-electron chi connectivity index (χ2n) is 3.99. The quantitative estimate of drug-likeness (QED) is 0.670. The Balaban J connectivity index is 2.33. The minimum Gasteiger partial charge on any atom is -0.373 e. The van der Waals surface area contributed by atoms with E-state index in [9.17, 15) is 0 Å².